The van der Waals surface area contributed by atoms with Crippen LogP contribution in [0.25, 0.3) is 0 Å². The average molecular weight is 319 g/mol. The van der Waals surface area contributed by atoms with E-state index in [1.165, 1.54) is 24.3 Å². The van der Waals surface area contributed by atoms with Gasteiger partial charge in [-0.25, -0.2) is 0 Å². The predicted molar refractivity (Wildman–Crippen MR) is 72.7 cm³/mol. The third kappa shape index (κ3) is 8.13. The Kier molecular flexibility index (Phi) is 6.68. The zero-order valence-corrected chi connectivity index (χ0v) is 11.7. The van der Waals surface area contributed by atoms with Gasteiger partial charge in [0.1, 0.15) is 5.75 Å². The zero-order valence-electron chi connectivity index (χ0n) is 11.7. The van der Waals surface area contributed by atoms with Crippen LogP contribution in [0.2, 0.25) is 0 Å². The summed E-state index contributed by atoms with van der Waals surface area (Å²) in [4.78, 5) is 21.9. The SMILES string of the molecule is O=C(O)CCCCC(=O)Nc1cccc(OCC(F)(F)F)c1. The molecular formula is C14H16F3NO4. The van der Waals surface area contributed by atoms with E-state index in [2.05, 4.69) is 10.1 Å². The maximum Gasteiger partial charge on any atom is 0.422 e. The number of amides is 1. The van der Waals surface area contributed by atoms with E-state index in [1.807, 2.05) is 0 Å². The smallest absolute Gasteiger partial charge is 0.422 e. The Labute approximate surface area is 125 Å². The number of anilines is 1. The number of hydrogen-bond donors (Lipinski definition) is 2. The number of carboxylic acids is 1. The van der Waals surface area contributed by atoms with Gasteiger partial charge in [-0.2, -0.15) is 13.2 Å². The van der Waals surface area contributed by atoms with Gasteiger partial charge in [-0.3, -0.25) is 9.59 Å². The average Bonchev–Trinajstić information content (AvgIpc) is 2.41. The number of carbonyl (C=O) groups excluding carboxylic acids is 1. The molecule has 0 saturated carbocycles. The van der Waals surface area contributed by atoms with E-state index in [-0.39, 0.29) is 24.5 Å². The lowest BCUT2D eigenvalue weighted by Crippen LogP contribution is -2.19. The molecule has 0 aliphatic heterocycles. The lowest BCUT2D eigenvalue weighted by Gasteiger charge is -2.11. The molecule has 2 N–H and O–H groups in total. The van der Waals surface area contributed by atoms with Gasteiger partial charge in [0, 0.05) is 24.6 Å². The fraction of sp³-hybridized carbons (Fsp3) is 0.429. The highest BCUT2D eigenvalue weighted by Crippen LogP contribution is 2.21. The summed E-state index contributed by atoms with van der Waals surface area (Å²) in [5.41, 5.74) is 0.322. The van der Waals surface area contributed by atoms with Gasteiger partial charge in [0.25, 0.3) is 0 Å². The molecule has 0 atom stereocenters. The first-order chi connectivity index (χ1) is 10.3. The first kappa shape index (κ1) is 17.8. The highest BCUT2D eigenvalue weighted by molar-refractivity contribution is 5.90. The largest absolute Gasteiger partial charge is 0.484 e. The topological polar surface area (TPSA) is 75.6 Å². The van der Waals surface area contributed by atoms with Crippen LogP contribution in [0.4, 0.5) is 18.9 Å². The fourth-order valence-corrected chi connectivity index (χ4v) is 1.61. The van der Waals surface area contributed by atoms with Crippen molar-refractivity contribution in [1.82, 2.24) is 0 Å². The zero-order chi connectivity index (χ0) is 16.6. The van der Waals surface area contributed by atoms with E-state index < -0.39 is 18.8 Å². The summed E-state index contributed by atoms with van der Waals surface area (Å²) in [6.45, 7) is -1.40. The molecule has 0 bridgehead atoms. The summed E-state index contributed by atoms with van der Waals surface area (Å²) in [6.07, 6.45) is -3.49. The number of unbranched alkanes of at least 4 members (excludes halogenated alkanes) is 1. The van der Waals surface area contributed by atoms with Crippen LogP contribution in [0.3, 0.4) is 0 Å². The molecule has 5 nitrogen and oxygen atoms in total. The third-order valence-electron chi connectivity index (χ3n) is 2.56. The molecule has 122 valence electrons. The molecule has 0 spiro atoms. The third-order valence-corrected chi connectivity index (χ3v) is 2.56. The lowest BCUT2D eigenvalue weighted by atomic mass is 10.2. The molecule has 1 amide bonds. The molecule has 8 heteroatoms. The molecule has 0 aromatic heterocycles. The van der Waals surface area contributed by atoms with Gasteiger partial charge < -0.3 is 15.2 Å². The number of rotatable bonds is 8. The minimum Gasteiger partial charge on any atom is -0.484 e. The van der Waals surface area contributed by atoms with Crippen molar-refractivity contribution in [2.75, 3.05) is 11.9 Å². The molecule has 1 aromatic carbocycles. The molecule has 1 rings (SSSR count). The van der Waals surface area contributed by atoms with E-state index in [1.54, 1.807) is 0 Å². The number of nitrogens with one attached hydrogen (secondary N) is 1. The second-order valence-corrected chi connectivity index (χ2v) is 4.58. The van der Waals surface area contributed by atoms with Gasteiger partial charge in [-0.05, 0) is 25.0 Å². The minimum absolute atomic E-state index is 0.000928. The predicted octanol–water partition coefficient (Wildman–Crippen LogP) is 3.21. The second kappa shape index (κ2) is 8.26. The van der Waals surface area contributed by atoms with Crippen molar-refractivity contribution in [3.05, 3.63) is 24.3 Å². The Morgan fingerprint density at radius 1 is 1.18 bits per heavy atom. The summed E-state index contributed by atoms with van der Waals surface area (Å²) in [5.74, 6) is -1.26. The summed E-state index contributed by atoms with van der Waals surface area (Å²) in [6, 6.07) is 5.64. The van der Waals surface area contributed by atoms with Crippen LogP contribution < -0.4 is 10.1 Å². The van der Waals surface area contributed by atoms with Gasteiger partial charge in [-0.15, -0.1) is 0 Å². The molecule has 0 radical (unpaired) electrons. The lowest BCUT2D eigenvalue weighted by molar-refractivity contribution is -0.153. The Balaban J connectivity index is 2.42. The molecule has 0 aliphatic carbocycles. The molecule has 0 aliphatic rings. The fourth-order valence-electron chi connectivity index (χ4n) is 1.61. The minimum atomic E-state index is -4.43. The highest BCUT2D eigenvalue weighted by atomic mass is 19.4. The van der Waals surface area contributed by atoms with Gasteiger partial charge in [0.05, 0.1) is 0 Å². The highest BCUT2D eigenvalue weighted by Gasteiger charge is 2.28. The Morgan fingerprint density at radius 3 is 2.50 bits per heavy atom. The van der Waals surface area contributed by atoms with E-state index in [4.69, 9.17) is 5.11 Å². The van der Waals surface area contributed by atoms with Crippen LogP contribution in [0.1, 0.15) is 25.7 Å². The number of ether oxygens (including phenoxy) is 1. The quantitative estimate of drug-likeness (QED) is 0.721. The second-order valence-electron chi connectivity index (χ2n) is 4.58. The van der Waals surface area contributed by atoms with Crippen molar-refractivity contribution in [2.24, 2.45) is 0 Å². The number of carboxylic acid groups (broad SMARTS) is 1. The van der Waals surface area contributed by atoms with Crippen molar-refractivity contribution in [3.63, 3.8) is 0 Å². The maximum absolute atomic E-state index is 12.0. The summed E-state index contributed by atoms with van der Waals surface area (Å²) in [7, 11) is 0. The van der Waals surface area contributed by atoms with E-state index in [0.29, 0.717) is 18.5 Å². The molecule has 0 saturated heterocycles. The van der Waals surface area contributed by atoms with Crippen LogP contribution in [0.15, 0.2) is 24.3 Å². The summed E-state index contributed by atoms with van der Waals surface area (Å²) >= 11 is 0. The summed E-state index contributed by atoms with van der Waals surface area (Å²) in [5, 5.41) is 11.0. The normalized spacial score (nSPS) is 11.0. The molecular weight excluding hydrogens is 303 g/mol. The first-order valence-electron chi connectivity index (χ1n) is 6.57. The van der Waals surface area contributed by atoms with Gasteiger partial charge >= 0.3 is 12.1 Å². The van der Waals surface area contributed by atoms with Crippen molar-refractivity contribution < 1.29 is 32.6 Å². The van der Waals surface area contributed by atoms with Crippen molar-refractivity contribution in [1.29, 1.82) is 0 Å². The number of carbonyl (C=O) groups is 2. The molecule has 0 unspecified atom stereocenters. The first-order valence-corrected chi connectivity index (χ1v) is 6.57. The van der Waals surface area contributed by atoms with E-state index in [9.17, 15) is 22.8 Å². The van der Waals surface area contributed by atoms with Crippen LogP contribution in [0, 0.1) is 0 Å². The molecule has 0 fully saturated rings. The Hall–Kier alpha value is -2.25. The van der Waals surface area contributed by atoms with Crippen LogP contribution in [-0.2, 0) is 9.59 Å². The van der Waals surface area contributed by atoms with Crippen molar-refractivity contribution >= 4 is 17.6 Å². The maximum atomic E-state index is 12.0. The number of aliphatic carboxylic acids is 1. The van der Waals surface area contributed by atoms with Crippen molar-refractivity contribution in [3.8, 4) is 5.75 Å². The number of benzene rings is 1. The number of alkyl halides is 3. The molecule has 1 aromatic rings. The van der Waals surface area contributed by atoms with E-state index in [0.717, 1.165) is 0 Å². The standard InChI is InChI=1S/C14H16F3NO4/c15-14(16,17)9-22-11-5-3-4-10(8-11)18-12(19)6-1-2-7-13(20)21/h3-5,8H,1-2,6-7,9H2,(H,18,19)(H,20,21). The van der Waals surface area contributed by atoms with Crippen LogP contribution in [0.5, 0.6) is 5.75 Å². The van der Waals surface area contributed by atoms with Crippen LogP contribution >= 0.6 is 0 Å². The van der Waals surface area contributed by atoms with E-state index >= 15 is 0 Å². The molecule has 22 heavy (non-hydrogen) atoms. The van der Waals surface area contributed by atoms with Crippen LogP contribution in [-0.4, -0.2) is 29.8 Å². The monoisotopic (exact) mass is 319 g/mol. The Morgan fingerprint density at radius 2 is 1.86 bits per heavy atom. The molecule has 0 heterocycles. The number of halogens is 3. The van der Waals surface area contributed by atoms with Gasteiger partial charge in [0.15, 0.2) is 6.61 Å². The van der Waals surface area contributed by atoms with Crippen molar-refractivity contribution in [2.45, 2.75) is 31.9 Å². The van der Waals surface area contributed by atoms with Gasteiger partial charge in [-0.1, -0.05) is 6.07 Å². The Bertz CT molecular complexity index is 517. The summed E-state index contributed by atoms with van der Waals surface area (Å²) < 4.78 is 40.7. The van der Waals surface area contributed by atoms with Gasteiger partial charge in [0.2, 0.25) is 5.91 Å². The number of hydrogen-bond acceptors (Lipinski definition) is 3.